The summed E-state index contributed by atoms with van der Waals surface area (Å²) < 4.78 is 24.9. The molecule has 2 atom stereocenters. The number of benzene rings is 3. The lowest BCUT2D eigenvalue weighted by Crippen LogP contribution is -2.45. The molecule has 0 spiro atoms. The molecule has 0 saturated carbocycles. The smallest absolute Gasteiger partial charge is 0.231 e. The van der Waals surface area contributed by atoms with Gasteiger partial charge < -0.3 is 14.6 Å². The van der Waals surface area contributed by atoms with Crippen molar-refractivity contribution in [1.82, 2.24) is 4.90 Å². The molecule has 2 aliphatic rings. The van der Waals surface area contributed by atoms with Gasteiger partial charge in [-0.1, -0.05) is 56.3 Å². The van der Waals surface area contributed by atoms with Crippen molar-refractivity contribution in [3.05, 3.63) is 94.8 Å². The van der Waals surface area contributed by atoms with Crippen molar-refractivity contribution in [3.63, 3.8) is 0 Å². The van der Waals surface area contributed by atoms with Crippen LogP contribution in [0.15, 0.2) is 66.7 Å². The van der Waals surface area contributed by atoms with Crippen LogP contribution in [0.1, 0.15) is 54.9 Å². The summed E-state index contributed by atoms with van der Waals surface area (Å²) in [5.41, 5.74) is 3.81. The third-order valence-corrected chi connectivity index (χ3v) is 7.78. The summed E-state index contributed by atoms with van der Waals surface area (Å²) in [6.45, 7) is 7.10. The first-order valence-electron chi connectivity index (χ1n) is 13.1. The average Bonchev–Trinajstić information content (AvgIpc) is 3.34. The summed E-state index contributed by atoms with van der Waals surface area (Å²) in [4.78, 5) is 2.44. The van der Waals surface area contributed by atoms with E-state index < -0.39 is 5.60 Å². The highest BCUT2D eigenvalue weighted by Crippen LogP contribution is 2.45. The highest BCUT2D eigenvalue weighted by atomic mass is 19.1. The fraction of sp³-hybridized carbons (Fsp3) is 0.419. The van der Waals surface area contributed by atoms with Crippen molar-refractivity contribution in [2.24, 2.45) is 5.92 Å². The average molecular weight is 490 g/mol. The van der Waals surface area contributed by atoms with Crippen molar-refractivity contribution in [3.8, 4) is 11.5 Å². The number of fused-ring (bicyclic) bond motifs is 2. The van der Waals surface area contributed by atoms with Crippen LogP contribution in [0.3, 0.4) is 0 Å². The molecule has 0 saturated heterocycles. The van der Waals surface area contributed by atoms with E-state index in [1.54, 1.807) is 6.07 Å². The molecule has 3 aromatic rings. The van der Waals surface area contributed by atoms with Gasteiger partial charge in [0.1, 0.15) is 5.82 Å². The fourth-order valence-electron chi connectivity index (χ4n) is 6.00. The van der Waals surface area contributed by atoms with E-state index in [0.717, 1.165) is 48.7 Å². The van der Waals surface area contributed by atoms with Gasteiger partial charge in [0.25, 0.3) is 0 Å². The second-order valence-electron chi connectivity index (χ2n) is 10.6. The Labute approximate surface area is 213 Å². The molecule has 5 heteroatoms. The molecule has 5 rings (SSSR count). The van der Waals surface area contributed by atoms with Crippen LogP contribution in [0.25, 0.3) is 0 Å². The predicted octanol–water partition coefficient (Wildman–Crippen LogP) is 6.11. The molecule has 1 N–H and O–H groups in total. The largest absolute Gasteiger partial charge is 0.454 e. The second-order valence-corrected chi connectivity index (χ2v) is 10.6. The lowest BCUT2D eigenvalue weighted by Gasteiger charge is -2.44. The normalized spacial score (nSPS) is 20.7. The minimum atomic E-state index is -0.813. The van der Waals surface area contributed by atoms with Crippen LogP contribution in [0, 0.1) is 11.7 Å². The predicted molar refractivity (Wildman–Crippen MR) is 140 cm³/mol. The monoisotopic (exact) mass is 489 g/mol. The Kier molecular flexibility index (Phi) is 7.31. The number of hydrogen-bond acceptors (Lipinski definition) is 4. The van der Waals surface area contributed by atoms with Crippen LogP contribution in [-0.4, -0.2) is 35.5 Å². The molecular weight excluding hydrogens is 453 g/mol. The first-order chi connectivity index (χ1) is 17.4. The van der Waals surface area contributed by atoms with Crippen molar-refractivity contribution in [1.29, 1.82) is 0 Å². The number of aryl methyl sites for hydroxylation is 1. The van der Waals surface area contributed by atoms with Gasteiger partial charge in [0, 0.05) is 25.6 Å². The maximum absolute atomic E-state index is 13.9. The number of rotatable bonds is 9. The van der Waals surface area contributed by atoms with E-state index in [-0.39, 0.29) is 24.4 Å². The standard InChI is InChI=1S/C31H36FNO3/c1-22(2)30-27-10-9-26(32)19-25(27)12-14-31(30,34)15-17-33(20-24-6-4-3-5-7-24)16-13-23-8-11-28-29(18-23)36-21-35-28/h3-11,18-19,22,30,34H,12-17,20-21H2,1-2H3. The van der Waals surface area contributed by atoms with Crippen LogP contribution in [0.2, 0.25) is 0 Å². The summed E-state index contributed by atoms with van der Waals surface area (Å²) in [5.74, 6) is 1.68. The van der Waals surface area contributed by atoms with Crippen LogP contribution >= 0.6 is 0 Å². The van der Waals surface area contributed by atoms with Crippen molar-refractivity contribution in [2.75, 3.05) is 19.9 Å². The van der Waals surface area contributed by atoms with E-state index in [1.807, 2.05) is 18.2 Å². The minimum Gasteiger partial charge on any atom is -0.454 e. The molecule has 0 aromatic heterocycles. The van der Waals surface area contributed by atoms with E-state index in [0.29, 0.717) is 19.3 Å². The molecule has 1 aliphatic heterocycles. The van der Waals surface area contributed by atoms with Gasteiger partial charge >= 0.3 is 0 Å². The Bertz CT molecular complexity index is 1180. The van der Waals surface area contributed by atoms with Crippen molar-refractivity contribution in [2.45, 2.75) is 57.6 Å². The van der Waals surface area contributed by atoms with E-state index in [4.69, 9.17) is 9.47 Å². The summed E-state index contributed by atoms with van der Waals surface area (Å²) in [7, 11) is 0. The number of hydrogen-bond donors (Lipinski definition) is 1. The third-order valence-electron chi connectivity index (χ3n) is 7.78. The molecule has 36 heavy (non-hydrogen) atoms. The van der Waals surface area contributed by atoms with E-state index in [2.05, 4.69) is 55.1 Å². The molecule has 0 bridgehead atoms. The molecule has 3 aromatic carbocycles. The van der Waals surface area contributed by atoms with Gasteiger partial charge in [-0.3, -0.25) is 4.90 Å². The first-order valence-corrected chi connectivity index (χ1v) is 13.1. The van der Waals surface area contributed by atoms with Gasteiger partial charge in [-0.25, -0.2) is 4.39 Å². The Morgan fingerprint density at radius 3 is 2.58 bits per heavy atom. The minimum absolute atomic E-state index is 0.00529. The Morgan fingerprint density at radius 1 is 0.972 bits per heavy atom. The number of ether oxygens (including phenoxy) is 2. The summed E-state index contributed by atoms with van der Waals surface area (Å²) in [6.07, 6.45) is 2.94. The SMILES string of the molecule is CC(C)C1c2ccc(F)cc2CCC1(O)CCN(CCc1ccc2c(c1)OCO2)Cc1ccccc1. The zero-order valence-electron chi connectivity index (χ0n) is 21.3. The third kappa shape index (κ3) is 5.42. The Morgan fingerprint density at radius 2 is 1.78 bits per heavy atom. The highest BCUT2D eigenvalue weighted by molar-refractivity contribution is 5.44. The maximum atomic E-state index is 13.9. The lowest BCUT2D eigenvalue weighted by molar-refractivity contribution is -0.0318. The van der Waals surface area contributed by atoms with Crippen LogP contribution in [0.4, 0.5) is 4.39 Å². The maximum Gasteiger partial charge on any atom is 0.231 e. The topological polar surface area (TPSA) is 41.9 Å². The number of aliphatic hydroxyl groups is 1. The quantitative estimate of drug-likeness (QED) is 0.394. The van der Waals surface area contributed by atoms with Crippen molar-refractivity contribution < 1.29 is 19.0 Å². The molecule has 4 nitrogen and oxygen atoms in total. The molecule has 1 aliphatic carbocycles. The molecule has 0 amide bonds. The Hall–Kier alpha value is -2.89. The zero-order chi connectivity index (χ0) is 25.1. The summed E-state index contributed by atoms with van der Waals surface area (Å²) in [6, 6.07) is 21.7. The van der Waals surface area contributed by atoms with Gasteiger partial charge in [0.15, 0.2) is 11.5 Å². The molecule has 0 radical (unpaired) electrons. The van der Waals surface area contributed by atoms with Crippen LogP contribution in [0.5, 0.6) is 11.5 Å². The van der Waals surface area contributed by atoms with Crippen LogP contribution in [-0.2, 0) is 19.4 Å². The first kappa shape index (κ1) is 24.8. The molecular formula is C31H36FNO3. The van der Waals surface area contributed by atoms with Gasteiger partial charge in [-0.2, -0.15) is 0 Å². The van der Waals surface area contributed by atoms with Gasteiger partial charge in [0.2, 0.25) is 6.79 Å². The van der Waals surface area contributed by atoms with Crippen LogP contribution < -0.4 is 9.47 Å². The van der Waals surface area contributed by atoms with Gasteiger partial charge in [0.05, 0.1) is 5.60 Å². The fourth-order valence-corrected chi connectivity index (χ4v) is 6.00. The number of halogens is 1. The molecule has 1 heterocycles. The molecule has 190 valence electrons. The van der Waals surface area contributed by atoms with E-state index in [9.17, 15) is 9.50 Å². The van der Waals surface area contributed by atoms with Gasteiger partial charge in [-0.05, 0) is 78.1 Å². The van der Waals surface area contributed by atoms with Gasteiger partial charge in [-0.15, -0.1) is 0 Å². The van der Waals surface area contributed by atoms with E-state index >= 15 is 0 Å². The van der Waals surface area contributed by atoms with E-state index in [1.165, 1.54) is 17.2 Å². The zero-order valence-corrected chi connectivity index (χ0v) is 21.3. The second kappa shape index (κ2) is 10.6. The highest BCUT2D eigenvalue weighted by Gasteiger charge is 2.43. The summed E-state index contributed by atoms with van der Waals surface area (Å²) >= 11 is 0. The Balaban J connectivity index is 1.32. The number of nitrogens with zero attached hydrogens (tertiary/aromatic N) is 1. The van der Waals surface area contributed by atoms with Crippen molar-refractivity contribution >= 4 is 0 Å². The molecule has 0 fully saturated rings. The summed E-state index contributed by atoms with van der Waals surface area (Å²) in [5, 5.41) is 12.0. The molecule has 2 unspecified atom stereocenters. The lowest BCUT2D eigenvalue weighted by atomic mass is 9.66.